The Hall–Kier alpha value is -1.45. The zero-order valence-electron chi connectivity index (χ0n) is 11.6. The number of hydrogen-bond acceptors (Lipinski definition) is 3. The summed E-state index contributed by atoms with van der Waals surface area (Å²) in [5, 5.41) is 3.96. The summed E-state index contributed by atoms with van der Waals surface area (Å²) in [5.41, 5.74) is 2.15. The van der Waals surface area contributed by atoms with E-state index in [1.54, 1.807) is 7.11 Å². The lowest BCUT2D eigenvalue weighted by Crippen LogP contribution is -2.18. The Morgan fingerprint density at radius 2 is 1.95 bits per heavy atom. The van der Waals surface area contributed by atoms with Gasteiger partial charge in [0.1, 0.15) is 17.3 Å². The molecule has 1 atom stereocenters. The van der Waals surface area contributed by atoms with Gasteiger partial charge in [-0.3, -0.25) is 0 Å². The Morgan fingerprint density at radius 1 is 1.21 bits per heavy atom. The normalized spacial score (nSPS) is 12.5. The third kappa shape index (κ3) is 2.77. The van der Waals surface area contributed by atoms with Crippen LogP contribution in [0.4, 0.5) is 0 Å². The molecule has 2 aromatic rings. The summed E-state index contributed by atoms with van der Waals surface area (Å²) in [6.45, 7) is 3.91. The van der Waals surface area contributed by atoms with Crippen LogP contribution in [0.3, 0.4) is 0 Å². The average Bonchev–Trinajstić information content (AvgIpc) is 2.71. The van der Waals surface area contributed by atoms with Gasteiger partial charge < -0.3 is 14.5 Å². The molecule has 1 heterocycles. The largest absolute Gasteiger partial charge is 0.496 e. The molecule has 19 heavy (non-hydrogen) atoms. The topological polar surface area (TPSA) is 34.4 Å². The first kappa shape index (κ1) is 14.0. The maximum absolute atomic E-state index is 6.01. The summed E-state index contributed by atoms with van der Waals surface area (Å²) in [5.74, 6) is 2.58. The van der Waals surface area contributed by atoms with Crippen LogP contribution in [0, 0.1) is 13.8 Å². The molecule has 0 bridgehead atoms. The quantitative estimate of drug-likeness (QED) is 0.923. The molecule has 1 aromatic heterocycles. The molecule has 2 rings (SSSR count). The van der Waals surface area contributed by atoms with Crippen molar-refractivity contribution in [1.82, 2.24) is 5.32 Å². The molecular formula is C15H18ClNO2. The van der Waals surface area contributed by atoms with Gasteiger partial charge in [-0.15, -0.1) is 0 Å². The van der Waals surface area contributed by atoms with Crippen molar-refractivity contribution < 1.29 is 9.15 Å². The number of methoxy groups -OCH3 is 1. The molecule has 0 amide bonds. The number of benzene rings is 1. The lowest BCUT2D eigenvalue weighted by Gasteiger charge is -2.19. The van der Waals surface area contributed by atoms with E-state index in [0.717, 1.165) is 28.4 Å². The number of nitrogens with one attached hydrogen (secondary N) is 1. The lowest BCUT2D eigenvalue weighted by atomic mass is 9.98. The fourth-order valence-corrected chi connectivity index (χ4v) is 2.50. The molecule has 4 heteroatoms. The number of ether oxygens (including phenoxy) is 1. The van der Waals surface area contributed by atoms with Gasteiger partial charge in [0.05, 0.1) is 13.2 Å². The van der Waals surface area contributed by atoms with Crippen LogP contribution < -0.4 is 10.1 Å². The second-order valence-electron chi connectivity index (χ2n) is 4.48. The van der Waals surface area contributed by atoms with Gasteiger partial charge in [0, 0.05) is 16.1 Å². The Bertz CT molecular complexity index is 578. The van der Waals surface area contributed by atoms with E-state index < -0.39 is 0 Å². The van der Waals surface area contributed by atoms with Crippen LogP contribution in [-0.2, 0) is 0 Å². The third-order valence-corrected chi connectivity index (χ3v) is 3.42. The molecule has 1 aromatic carbocycles. The van der Waals surface area contributed by atoms with Gasteiger partial charge in [0.15, 0.2) is 0 Å². The third-order valence-electron chi connectivity index (χ3n) is 3.19. The zero-order valence-corrected chi connectivity index (χ0v) is 12.3. The molecule has 0 radical (unpaired) electrons. The summed E-state index contributed by atoms with van der Waals surface area (Å²) in [7, 11) is 3.57. The van der Waals surface area contributed by atoms with Crippen LogP contribution in [-0.4, -0.2) is 14.2 Å². The summed E-state index contributed by atoms with van der Waals surface area (Å²) in [4.78, 5) is 0. The highest BCUT2D eigenvalue weighted by Gasteiger charge is 2.21. The highest BCUT2D eigenvalue weighted by atomic mass is 35.5. The average molecular weight is 280 g/mol. The van der Waals surface area contributed by atoms with Gasteiger partial charge in [-0.05, 0) is 39.1 Å². The van der Waals surface area contributed by atoms with Crippen molar-refractivity contribution in [2.45, 2.75) is 19.9 Å². The van der Waals surface area contributed by atoms with Crippen LogP contribution >= 0.6 is 11.6 Å². The van der Waals surface area contributed by atoms with E-state index in [0.29, 0.717) is 5.02 Å². The highest BCUT2D eigenvalue weighted by Crippen LogP contribution is 2.34. The Kier molecular flexibility index (Phi) is 4.17. The highest BCUT2D eigenvalue weighted by molar-refractivity contribution is 6.30. The molecule has 0 spiro atoms. The van der Waals surface area contributed by atoms with E-state index in [9.17, 15) is 0 Å². The predicted molar refractivity (Wildman–Crippen MR) is 77.1 cm³/mol. The van der Waals surface area contributed by atoms with Crippen LogP contribution in [0.1, 0.15) is 28.7 Å². The van der Waals surface area contributed by atoms with Crippen molar-refractivity contribution in [2.24, 2.45) is 0 Å². The minimum absolute atomic E-state index is 0.0182. The van der Waals surface area contributed by atoms with Crippen molar-refractivity contribution >= 4 is 11.6 Å². The molecule has 0 saturated heterocycles. The Labute approximate surface area is 118 Å². The van der Waals surface area contributed by atoms with Gasteiger partial charge in [-0.25, -0.2) is 0 Å². The number of rotatable bonds is 4. The van der Waals surface area contributed by atoms with Gasteiger partial charge >= 0.3 is 0 Å². The summed E-state index contributed by atoms with van der Waals surface area (Å²) >= 11 is 6.01. The van der Waals surface area contributed by atoms with E-state index in [1.807, 2.05) is 45.2 Å². The second-order valence-corrected chi connectivity index (χ2v) is 4.91. The van der Waals surface area contributed by atoms with E-state index in [-0.39, 0.29) is 6.04 Å². The van der Waals surface area contributed by atoms with E-state index >= 15 is 0 Å². The van der Waals surface area contributed by atoms with Crippen LogP contribution in [0.5, 0.6) is 5.75 Å². The minimum atomic E-state index is 0.0182. The standard InChI is InChI=1S/C15H18ClNO2/c1-9-7-13(10(2)19-9)15(17-3)12-6-5-11(16)8-14(12)18-4/h5-8,15,17H,1-4H3. The first-order valence-electron chi connectivity index (χ1n) is 6.14. The summed E-state index contributed by atoms with van der Waals surface area (Å²) < 4.78 is 11.0. The number of furan rings is 1. The van der Waals surface area contributed by atoms with Crippen molar-refractivity contribution in [1.29, 1.82) is 0 Å². The first-order valence-corrected chi connectivity index (χ1v) is 6.52. The van der Waals surface area contributed by atoms with Gasteiger partial charge in [0.2, 0.25) is 0 Å². The second kappa shape index (κ2) is 5.68. The SMILES string of the molecule is CNC(c1ccc(Cl)cc1OC)c1cc(C)oc1C. The molecule has 0 aliphatic carbocycles. The van der Waals surface area contributed by atoms with Crippen LogP contribution in [0.2, 0.25) is 5.02 Å². The number of halogens is 1. The van der Waals surface area contributed by atoms with E-state index in [4.69, 9.17) is 20.8 Å². The molecule has 0 fully saturated rings. The van der Waals surface area contributed by atoms with Gasteiger partial charge in [0.25, 0.3) is 0 Å². The lowest BCUT2D eigenvalue weighted by molar-refractivity contribution is 0.405. The van der Waals surface area contributed by atoms with Crippen molar-refractivity contribution in [2.75, 3.05) is 14.2 Å². The molecule has 0 aliphatic heterocycles. The fourth-order valence-electron chi connectivity index (χ4n) is 2.34. The molecule has 102 valence electrons. The number of aryl methyl sites for hydroxylation is 2. The molecule has 0 aliphatic rings. The first-order chi connectivity index (χ1) is 9.06. The van der Waals surface area contributed by atoms with Crippen molar-refractivity contribution in [3.63, 3.8) is 0 Å². The molecule has 1 N–H and O–H groups in total. The van der Waals surface area contributed by atoms with E-state index in [1.165, 1.54) is 0 Å². The molecule has 3 nitrogen and oxygen atoms in total. The smallest absolute Gasteiger partial charge is 0.125 e. The Morgan fingerprint density at radius 3 is 2.47 bits per heavy atom. The molecule has 0 saturated carbocycles. The summed E-state index contributed by atoms with van der Waals surface area (Å²) in [6.07, 6.45) is 0. The maximum Gasteiger partial charge on any atom is 0.125 e. The van der Waals surface area contributed by atoms with Crippen molar-refractivity contribution in [3.8, 4) is 5.75 Å². The predicted octanol–water partition coefficient (Wildman–Crippen LogP) is 3.87. The number of hydrogen-bond donors (Lipinski definition) is 1. The molecular weight excluding hydrogens is 262 g/mol. The molecule has 1 unspecified atom stereocenters. The van der Waals surface area contributed by atoms with Crippen LogP contribution in [0.15, 0.2) is 28.7 Å². The van der Waals surface area contributed by atoms with Crippen LogP contribution in [0.25, 0.3) is 0 Å². The Balaban J connectivity index is 2.50. The fraction of sp³-hybridized carbons (Fsp3) is 0.333. The van der Waals surface area contributed by atoms with Gasteiger partial charge in [-0.2, -0.15) is 0 Å². The summed E-state index contributed by atoms with van der Waals surface area (Å²) in [6, 6.07) is 7.73. The minimum Gasteiger partial charge on any atom is -0.496 e. The maximum atomic E-state index is 6.01. The van der Waals surface area contributed by atoms with Gasteiger partial charge in [-0.1, -0.05) is 17.7 Å². The van der Waals surface area contributed by atoms with E-state index in [2.05, 4.69) is 5.32 Å². The van der Waals surface area contributed by atoms with Crippen molar-refractivity contribution in [3.05, 3.63) is 51.9 Å². The zero-order chi connectivity index (χ0) is 14.0. The monoisotopic (exact) mass is 279 g/mol.